The summed E-state index contributed by atoms with van der Waals surface area (Å²) in [4.78, 5) is 20.5. The Morgan fingerprint density at radius 3 is 2.88 bits per heavy atom. The van der Waals surface area contributed by atoms with Gasteiger partial charge in [-0.15, -0.1) is 36.2 Å². The molecule has 1 fully saturated rings. The summed E-state index contributed by atoms with van der Waals surface area (Å²) in [5.74, 6) is 0.502. The van der Waals surface area contributed by atoms with E-state index in [1.54, 1.807) is 11.6 Å². The number of rotatable bonds is 5. The van der Waals surface area contributed by atoms with Crippen molar-refractivity contribution < 1.29 is 9.90 Å². The highest BCUT2D eigenvalue weighted by Gasteiger charge is 2.25. The molecule has 10 heteroatoms. The molecule has 0 saturated carbocycles. The van der Waals surface area contributed by atoms with Crippen LogP contribution in [0.2, 0.25) is 0 Å². The third-order valence-electron chi connectivity index (χ3n) is 3.47. The van der Waals surface area contributed by atoms with Gasteiger partial charge in [0.1, 0.15) is 11.5 Å². The molecule has 0 aliphatic carbocycles. The Bertz CT molecular complexity index is 643. The van der Waals surface area contributed by atoms with E-state index in [4.69, 9.17) is 0 Å². The third kappa shape index (κ3) is 5.29. The van der Waals surface area contributed by atoms with Crippen molar-refractivity contribution in [2.45, 2.75) is 6.10 Å². The average Bonchev–Trinajstić information content (AvgIpc) is 3.15. The van der Waals surface area contributed by atoms with Gasteiger partial charge in [0.25, 0.3) is 5.91 Å². The van der Waals surface area contributed by atoms with E-state index in [1.807, 2.05) is 18.2 Å². The Balaban J connectivity index is 0.00000144. The summed E-state index contributed by atoms with van der Waals surface area (Å²) >= 11 is 1.35. The molecule has 1 amide bonds. The van der Waals surface area contributed by atoms with Gasteiger partial charge in [-0.3, -0.25) is 4.79 Å². The van der Waals surface area contributed by atoms with E-state index < -0.39 is 6.10 Å². The molecule has 2 unspecified atom stereocenters. The number of aliphatic hydroxyl groups excluding tert-OH is 1. The van der Waals surface area contributed by atoms with Crippen LogP contribution in [0.1, 0.15) is 10.5 Å². The second-order valence-electron chi connectivity index (χ2n) is 5.07. The van der Waals surface area contributed by atoms with Gasteiger partial charge in [0, 0.05) is 37.1 Å². The summed E-state index contributed by atoms with van der Waals surface area (Å²) < 4.78 is 0. The molecule has 3 heterocycles. The Morgan fingerprint density at radius 1 is 1.38 bits per heavy atom. The van der Waals surface area contributed by atoms with Crippen molar-refractivity contribution in [1.82, 2.24) is 20.6 Å². The third-order valence-corrected chi connectivity index (χ3v) is 4.22. The number of β-amino-alcohol motifs (C(OH)–C–C–N with tert-alkyl or cyclic N) is 1. The standard InChI is InChI=1S/C14H17N5O2S.2ClH/c20-11-7-15-5-9(11)6-17-13(21)10-8-22-14(18-10)19-12-3-1-2-4-16-12;;/h1-4,8-9,11,15,20H,5-7H2,(H,17,21)(H,16,18,19);2*1H. The van der Waals surface area contributed by atoms with Crippen LogP contribution >= 0.6 is 36.2 Å². The molecule has 0 radical (unpaired) electrons. The maximum absolute atomic E-state index is 12.1. The monoisotopic (exact) mass is 391 g/mol. The van der Waals surface area contributed by atoms with Crippen molar-refractivity contribution in [1.29, 1.82) is 0 Å². The first kappa shape index (κ1) is 20.6. The molecule has 1 aliphatic heterocycles. The van der Waals surface area contributed by atoms with Crippen LogP contribution in [0.4, 0.5) is 10.9 Å². The van der Waals surface area contributed by atoms with Gasteiger partial charge < -0.3 is 21.1 Å². The van der Waals surface area contributed by atoms with Gasteiger partial charge in [0.2, 0.25) is 0 Å². The lowest BCUT2D eigenvalue weighted by molar-refractivity contribution is 0.0923. The molecule has 132 valence electrons. The number of nitrogens with zero attached hydrogens (tertiary/aromatic N) is 2. The van der Waals surface area contributed by atoms with E-state index in [0.29, 0.717) is 36.3 Å². The molecule has 2 aromatic heterocycles. The zero-order valence-corrected chi connectivity index (χ0v) is 15.1. The van der Waals surface area contributed by atoms with Gasteiger partial charge in [-0.1, -0.05) is 6.07 Å². The van der Waals surface area contributed by atoms with E-state index in [1.165, 1.54) is 11.3 Å². The Hall–Kier alpha value is -1.45. The average molecular weight is 392 g/mol. The van der Waals surface area contributed by atoms with E-state index in [0.717, 1.165) is 0 Å². The zero-order chi connectivity index (χ0) is 15.4. The molecule has 3 rings (SSSR count). The van der Waals surface area contributed by atoms with E-state index in [-0.39, 0.29) is 36.6 Å². The van der Waals surface area contributed by atoms with E-state index in [2.05, 4.69) is 25.9 Å². The SMILES string of the molecule is Cl.Cl.O=C(NCC1CNCC1O)c1csc(Nc2ccccn2)n1. The number of thiazole rings is 1. The molecule has 0 bridgehead atoms. The van der Waals surface area contributed by atoms with Crippen LogP contribution in [0.15, 0.2) is 29.8 Å². The van der Waals surface area contributed by atoms with Gasteiger partial charge in [0.05, 0.1) is 6.10 Å². The molecule has 4 N–H and O–H groups in total. The van der Waals surface area contributed by atoms with Crippen LogP contribution in [0, 0.1) is 5.92 Å². The minimum Gasteiger partial charge on any atom is -0.391 e. The highest BCUT2D eigenvalue weighted by Crippen LogP contribution is 2.19. The smallest absolute Gasteiger partial charge is 0.270 e. The summed E-state index contributed by atoms with van der Waals surface area (Å²) in [5.41, 5.74) is 0.365. The second-order valence-corrected chi connectivity index (χ2v) is 5.93. The Labute approximate surface area is 156 Å². The molecule has 7 nitrogen and oxygen atoms in total. The summed E-state index contributed by atoms with van der Waals surface area (Å²) in [6.07, 6.45) is 1.28. The van der Waals surface area contributed by atoms with Gasteiger partial charge in [0.15, 0.2) is 5.13 Å². The molecule has 1 saturated heterocycles. The number of pyridine rings is 1. The molecule has 24 heavy (non-hydrogen) atoms. The molecule has 0 spiro atoms. The number of halogens is 2. The number of amides is 1. The molecule has 2 atom stereocenters. The predicted molar refractivity (Wildman–Crippen MR) is 98.8 cm³/mol. The summed E-state index contributed by atoms with van der Waals surface area (Å²) in [6, 6.07) is 5.53. The maximum atomic E-state index is 12.1. The topological polar surface area (TPSA) is 99.2 Å². The van der Waals surface area contributed by atoms with Crippen molar-refractivity contribution in [2.75, 3.05) is 25.0 Å². The van der Waals surface area contributed by atoms with Crippen LogP contribution in [0.5, 0.6) is 0 Å². The van der Waals surface area contributed by atoms with Gasteiger partial charge in [-0.05, 0) is 12.1 Å². The first-order valence-corrected chi connectivity index (χ1v) is 7.91. The van der Waals surface area contributed by atoms with Crippen molar-refractivity contribution >= 4 is 53.0 Å². The van der Waals surface area contributed by atoms with Crippen LogP contribution in [-0.2, 0) is 0 Å². The van der Waals surface area contributed by atoms with Crippen molar-refractivity contribution in [2.24, 2.45) is 5.92 Å². The number of hydrogen-bond acceptors (Lipinski definition) is 7. The van der Waals surface area contributed by atoms with E-state index in [9.17, 15) is 9.90 Å². The maximum Gasteiger partial charge on any atom is 0.270 e. The van der Waals surface area contributed by atoms with Crippen LogP contribution in [-0.4, -0.2) is 46.7 Å². The zero-order valence-electron chi connectivity index (χ0n) is 12.6. The summed E-state index contributed by atoms with van der Waals surface area (Å²) in [5, 5.41) is 21.0. The van der Waals surface area contributed by atoms with Crippen LogP contribution in [0.3, 0.4) is 0 Å². The van der Waals surface area contributed by atoms with Crippen LogP contribution in [0.25, 0.3) is 0 Å². The molecular weight excluding hydrogens is 373 g/mol. The number of aliphatic hydroxyl groups is 1. The number of aromatic nitrogens is 2. The van der Waals surface area contributed by atoms with Gasteiger partial charge in [-0.2, -0.15) is 0 Å². The number of hydrogen-bond donors (Lipinski definition) is 4. The van der Waals surface area contributed by atoms with E-state index >= 15 is 0 Å². The normalized spacial score (nSPS) is 19.0. The lowest BCUT2D eigenvalue weighted by Crippen LogP contribution is -2.34. The number of carbonyl (C=O) groups excluding carboxylic acids is 1. The highest BCUT2D eigenvalue weighted by molar-refractivity contribution is 7.14. The molecule has 1 aliphatic rings. The first-order chi connectivity index (χ1) is 10.7. The van der Waals surface area contributed by atoms with Crippen molar-refractivity contribution in [3.8, 4) is 0 Å². The number of carbonyl (C=O) groups is 1. The second kappa shape index (κ2) is 9.75. The largest absolute Gasteiger partial charge is 0.391 e. The quantitative estimate of drug-likeness (QED) is 0.615. The van der Waals surface area contributed by atoms with Gasteiger partial charge >= 0.3 is 0 Å². The molecule has 2 aromatic rings. The Kier molecular flexibility index (Phi) is 8.37. The highest BCUT2D eigenvalue weighted by atomic mass is 35.5. The molecular formula is C14H19Cl2N5O2S. The van der Waals surface area contributed by atoms with Crippen molar-refractivity contribution in [3.63, 3.8) is 0 Å². The first-order valence-electron chi connectivity index (χ1n) is 7.03. The minimum atomic E-state index is -0.405. The Morgan fingerprint density at radius 2 is 2.21 bits per heavy atom. The summed E-state index contributed by atoms with van der Waals surface area (Å²) in [7, 11) is 0. The number of nitrogens with one attached hydrogen (secondary N) is 3. The molecule has 0 aromatic carbocycles. The summed E-state index contributed by atoms with van der Waals surface area (Å²) in [6.45, 7) is 1.73. The fourth-order valence-corrected chi connectivity index (χ4v) is 2.92. The lowest BCUT2D eigenvalue weighted by atomic mass is 10.1. The fourth-order valence-electron chi connectivity index (χ4n) is 2.22. The minimum absolute atomic E-state index is 0. The predicted octanol–water partition coefficient (Wildman–Crippen LogP) is 1.44. The fraction of sp³-hybridized carbons (Fsp3) is 0.357. The van der Waals surface area contributed by atoms with Crippen molar-refractivity contribution in [3.05, 3.63) is 35.5 Å². The lowest BCUT2D eigenvalue weighted by Gasteiger charge is -2.13. The number of anilines is 2. The van der Waals surface area contributed by atoms with Crippen LogP contribution < -0.4 is 16.0 Å². The van der Waals surface area contributed by atoms with Gasteiger partial charge in [-0.25, -0.2) is 9.97 Å².